The molecule has 10 heavy (non-hydrogen) atoms. The summed E-state index contributed by atoms with van der Waals surface area (Å²) in [4.78, 5) is 11.3. The molecule has 0 fully saturated rings. The molecule has 56 valence electrons. The van der Waals surface area contributed by atoms with Gasteiger partial charge >= 0.3 is 5.91 Å². The third kappa shape index (κ3) is 1.10. The van der Waals surface area contributed by atoms with E-state index in [1.54, 1.807) is 11.6 Å². The van der Waals surface area contributed by atoms with Crippen molar-refractivity contribution in [3.63, 3.8) is 0 Å². The highest BCUT2D eigenvalue weighted by atomic mass is 32.2. The topological polar surface area (TPSA) is 20.1 Å². The second kappa shape index (κ2) is 2.27. The van der Waals surface area contributed by atoms with Gasteiger partial charge in [0.05, 0.1) is 0 Å². The first-order valence-electron chi connectivity index (χ1n) is 2.98. The Morgan fingerprint density at radius 1 is 1.60 bits per heavy atom. The number of thiol groups is 1. The molecule has 0 aromatic rings. The fraction of sp³-hybridized carbons (Fsp3) is 0.667. The maximum absolute atomic E-state index is 11.3. The third-order valence-electron chi connectivity index (χ3n) is 1.45. The lowest BCUT2D eigenvalue weighted by Crippen LogP contribution is -2.29. The van der Waals surface area contributed by atoms with Gasteiger partial charge < -0.3 is 0 Å². The van der Waals surface area contributed by atoms with Crippen molar-refractivity contribution in [1.82, 2.24) is 0 Å². The van der Waals surface area contributed by atoms with Crippen LogP contribution < -0.4 is 0 Å². The minimum atomic E-state index is -0.314. The Labute approximate surface area is 70.1 Å². The third-order valence-corrected chi connectivity index (χ3v) is 3.17. The number of carbonyl (C=O) groups excluding carboxylic acids is 1. The first kappa shape index (κ1) is 8.14. The van der Waals surface area contributed by atoms with Crippen LogP contribution in [0.25, 0.3) is 0 Å². The van der Waals surface area contributed by atoms with Crippen LogP contribution in [0, 0.1) is 0 Å². The van der Waals surface area contributed by atoms with E-state index in [0.29, 0.717) is 0 Å². The van der Waals surface area contributed by atoms with Crippen LogP contribution in [0.15, 0.2) is 0 Å². The summed E-state index contributed by atoms with van der Waals surface area (Å²) in [5.74, 6) is 0.127. The molecule has 0 N–H and O–H groups in total. The monoisotopic (exact) mass is 176 g/mol. The maximum Gasteiger partial charge on any atom is 0.404 e. The maximum atomic E-state index is 11.3. The van der Waals surface area contributed by atoms with Crippen molar-refractivity contribution in [2.24, 2.45) is 0 Å². The molecule has 2 nitrogen and oxygen atoms in total. The molecule has 0 atom stereocenters. The van der Waals surface area contributed by atoms with E-state index in [-0.39, 0.29) is 10.7 Å². The summed E-state index contributed by atoms with van der Waals surface area (Å²) in [6, 6.07) is 0. The average Bonchev–Trinajstić information content (AvgIpc) is 1.95. The SMILES string of the molecule is C[N+]1=C(S)SC(C)(C)C1=O. The van der Waals surface area contributed by atoms with Gasteiger partial charge in [-0.3, -0.25) is 0 Å². The standard InChI is InChI=1S/C6H9NOS2/c1-6(2)4(8)7(3)5(9)10-6/h1-3H3/p+1. The average molecular weight is 176 g/mol. The molecular formula is C6H10NOS2+. The largest absolute Gasteiger partial charge is 0.404 e. The highest BCUT2D eigenvalue weighted by Crippen LogP contribution is 2.33. The zero-order valence-corrected chi connectivity index (χ0v) is 7.92. The van der Waals surface area contributed by atoms with Gasteiger partial charge in [0.1, 0.15) is 11.8 Å². The molecule has 0 aromatic carbocycles. The van der Waals surface area contributed by atoms with Crippen molar-refractivity contribution in [2.45, 2.75) is 18.6 Å². The lowest BCUT2D eigenvalue weighted by atomic mass is 10.2. The molecule has 1 heterocycles. The predicted molar refractivity (Wildman–Crippen MR) is 46.9 cm³/mol. The number of hydrogen-bond donors (Lipinski definition) is 1. The Balaban J connectivity index is 2.99. The van der Waals surface area contributed by atoms with Crippen LogP contribution >= 0.6 is 24.4 Å². The fourth-order valence-corrected chi connectivity index (χ4v) is 2.51. The van der Waals surface area contributed by atoms with Gasteiger partial charge in [0, 0.05) is 0 Å². The van der Waals surface area contributed by atoms with Crippen molar-refractivity contribution in [2.75, 3.05) is 7.05 Å². The number of hydrogen-bond acceptors (Lipinski definition) is 2. The molecule has 0 radical (unpaired) electrons. The van der Waals surface area contributed by atoms with Crippen LogP contribution in [0.1, 0.15) is 13.8 Å². The predicted octanol–water partition coefficient (Wildman–Crippen LogP) is 0.967. The quantitative estimate of drug-likeness (QED) is 0.438. The molecule has 0 aromatic heterocycles. The van der Waals surface area contributed by atoms with Gasteiger partial charge in [-0.2, -0.15) is 4.58 Å². The van der Waals surface area contributed by atoms with Crippen molar-refractivity contribution in [1.29, 1.82) is 0 Å². The summed E-state index contributed by atoms with van der Waals surface area (Å²) >= 11 is 5.64. The van der Waals surface area contributed by atoms with Gasteiger partial charge in [-0.15, -0.1) is 0 Å². The van der Waals surface area contributed by atoms with Crippen molar-refractivity contribution in [3.05, 3.63) is 0 Å². The fourth-order valence-electron chi connectivity index (χ4n) is 0.831. The second-order valence-electron chi connectivity index (χ2n) is 2.76. The minimum absolute atomic E-state index is 0.127. The Bertz CT molecular complexity index is 220. The van der Waals surface area contributed by atoms with E-state index in [4.69, 9.17) is 0 Å². The number of thioether (sulfide) groups is 1. The Morgan fingerprint density at radius 2 is 2.10 bits per heavy atom. The molecule has 4 heteroatoms. The first-order chi connectivity index (χ1) is 4.45. The second-order valence-corrected chi connectivity index (χ2v) is 5.10. The van der Waals surface area contributed by atoms with Gasteiger partial charge in [-0.25, -0.2) is 4.79 Å². The molecule has 0 unspecified atom stereocenters. The number of amides is 1. The summed E-state index contributed by atoms with van der Waals surface area (Å²) < 4.78 is 2.05. The summed E-state index contributed by atoms with van der Waals surface area (Å²) in [7, 11) is 1.74. The molecule has 1 amide bonds. The van der Waals surface area contributed by atoms with Crippen LogP contribution in [-0.2, 0) is 4.79 Å². The van der Waals surface area contributed by atoms with E-state index in [1.165, 1.54) is 11.8 Å². The smallest absolute Gasteiger partial charge is 0.218 e. The van der Waals surface area contributed by atoms with E-state index in [9.17, 15) is 4.79 Å². The van der Waals surface area contributed by atoms with Crippen LogP contribution in [0.5, 0.6) is 0 Å². The number of carbonyl (C=O) groups is 1. The van der Waals surface area contributed by atoms with Crippen LogP contribution in [0.3, 0.4) is 0 Å². The molecule has 0 aliphatic carbocycles. The Morgan fingerprint density at radius 3 is 2.20 bits per heavy atom. The lowest BCUT2D eigenvalue weighted by molar-refractivity contribution is -0.412. The Kier molecular flexibility index (Phi) is 1.85. The lowest BCUT2D eigenvalue weighted by Gasteiger charge is -2.05. The van der Waals surface area contributed by atoms with Gasteiger partial charge in [-0.1, -0.05) is 12.6 Å². The number of rotatable bonds is 0. The van der Waals surface area contributed by atoms with E-state index in [1.807, 2.05) is 13.8 Å². The van der Waals surface area contributed by atoms with Gasteiger partial charge in [0.2, 0.25) is 0 Å². The van der Waals surface area contributed by atoms with E-state index >= 15 is 0 Å². The van der Waals surface area contributed by atoms with Crippen molar-refractivity contribution < 1.29 is 9.37 Å². The highest BCUT2D eigenvalue weighted by molar-refractivity contribution is 8.33. The Hall–Kier alpha value is 0.0400. The zero-order valence-electron chi connectivity index (χ0n) is 6.21. The van der Waals surface area contributed by atoms with Crippen LogP contribution in [-0.4, -0.2) is 26.7 Å². The van der Waals surface area contributed by atoms with Gasteiger partial charge in [0.15, 0.2) is 0 Å². The zero-order chi connectivity index (χ0) is 7.94. The van der Waals surface area contributed by atoms with E-state index in [2.05, 4.69) is 12.6 Å². The normalized spacial score (nSPS) is 24.2. The van der Waals surface area contributed by atoms with Gasteiger partial charge in [0.25, 0.3) is 4.38 Å². The van der Waals surface area contributed by atoms with E-state index in [0.717, 1.165) is 4.38 Å². The molecule has 1 aliphatic rings. The minimum Gasteiger partial charge on any atom is -0.218 e. The summed E-state index contributed by atoms with van der Waals surface area (Å²) in [6.07, 6.45) is 0. The van der Waals surface area contributed by atoms with Crippen molar-refractivity contribution in [3.8, 4) is 0 Å². The molecule has 1 rings (SSSR count). The first-order valence-corrected chi connectivity index (χ1v) is 4.24. The summed E-state index contributed by atoms with van der Waals surface area (Å²) in [5, 5.41) is 0. The molecule has 0 spiro atoms. The molecule has 1 aliphatic heterocycles. The van der Waals surface area contributed by atoms with Crippen LogP contribution in [0.4, 0.5) is 0 Å². The number of nitrogens with zero attached hydrogens (tertiary/aromatic N) is 1. The summed E-state index contributed by atoms with van der Waals surface area (Å²) in [5.41, 5.74) is 0. The highest BCUT2D eigenvalue weighted by Gasteiger charge is 2.45. The van der Waals surface area contributed by atoms with Crippen LogP contribution in [0.2, 0.25) is 0 Å². The molecule has 0 saturated heterocycles. The molecular weight excluding hydrogens is 166 g/mol. The molecule has 0 saturated carbocycles. The van der Waals surface area contributed by atoms with Gasteiger partial charge in [-0.05, 0) is 25.6 Å². The summed E-state index contributed by atoms with van der Waals surface area (Å²) in [6.45, 7) is 3.80. The van der Waals surface area contributed by atoms with E-state index < -0.39 is 0 Å². The molecule has 0 bridgehead atoms. The van der Waals surface area contributed by atoms with Crippen molar-refractivity contribution >= 4 is 34.7 Å².